The van der Waals surface area contributed by atoms with Crippen molar-refractivity contribution in [3.8, 4) is 50.6 Å². The highest BCUT2D eigenvalue weighted by Crippen LogP contribution is 2.35. The molecule has 9 aromatic carbocycles. The third-order valence-electron chi connectivity index (χ3n) is 13.9. The van der Waals surface area contributed by atoms with Gasteiger partial charge in [-0.05, 0) is 115 Å². The molecule has 0 aromatic heterocycles. The second-order valence-corrected chi connectivity index (χ2v) is 26.0. The Labute approximate surface area is 546 Å². The zero-order chi connectivity index (χ0) is 69.4. The van der Waals surface area contributed by atoms with E-state index in [-0.39, 0.29) is 66.5 Å². The van der Waals surface area contributed by atoms with E-state index in [2.05, 4.69) is 10.0 Å². The van der Waals surface area contributed by atoms with Crippen LogP contribution < -0.4 is 34.7 Å². The number of halogens is 7. The maximum Gasteiger partial charge on any atom is 0.335 e. The van der Waals surface area contributed by atoms with Crippen molar-refractivity contribution in [3.63, 3.8) is 0 Å². The molecule has 11 rings (SSSR count). The van der Waals surface area contributed by atoms with E-state index in [4.69, 9.17) is 40.8 Å². The fraction of sp³-hybridized carbons (Fsp3) is 0.136. The van der Waals surface area contributed by atoms with E-state index < -0.39 is 92.2 Å². The van der Waals surface area contributed by atoms with E-state index in [1.165, 1.54) is 89.4 Å². The van der Waals surface area contributed by atoms with Gasteiger partial charge < -0.3 is 40.4 Å². The number of nitrogens with one attached hydrogen (secondary N) is 3. The minimum absolute atomic E-state index is 0.00375. The SMILES string of the molecule is C1CNC1.COc1ccc(C(=O)N2CCC2)cc1S(=O)(=O)Nc1cc(-c2ccccc2)c(F)cc1F.COc1ccc(C(=O)O)cc1S(=O)(=O)Cl.COc1ccc(C(=O)O)cc1S(=O)(=O)Nc1cc(-c2ccccc2)c(F)cc1F.Nc1cc(-c2ccccc2)c(F)cc1F. The topological polar surface area (TPSA) is 287 Å². The van der Waals surface area contributed by atoms with E-state index in [1.54, 1.807) is 89.8 Å². The Hall–Kier alpha value is -10.1. The number of aromatic carboxylic acids is 2. The van der Waals surface area contributed by atoms with Gasteiger partial charge in [-0.15, -0.1) is 0 Å². The number of hydrogen-bond acceptors (Lipinski definition) is 14. The first-order valence-corrected chi connectivity index (χ1v) is 33.2. The number of likely N-dealkylation sites (tertiary alicyclic amines) is 1. The van der Waals surface area contributed by atoms with Crippen LogP contribution in [0, 0.1) is 34.9 Å². The Morgan fingerprint density at radius 2 is 0.789 bits per heavy atom. The maximum absolute atomic E-state index is 14.5. The highest BCUT2D eigenvalue weighted by molar-refractivity contribution is 8.13. The van der Waals surface area contributed by atoms with E-state index in [1.807, 2.05) is 10.8 Å². The number of carboxylic acids is 2. The molecule has 0 atom stereocenters. The number of rotatable bonds is 16. The Morgan fingerprint density at radius 3 is 1.12 bits per heavy atom. The first kappa shape index (κ1) is 72.3. The number of carbonyl (C=O) groups is 3. The van der Waals surface area contributed by atoms with Crippen molar-refractivity contribution < 1.29 is 90.4 Å². The predicted octanol–water partition coefficient (Wildman–Crippen LogP) is 12.9. The second kappa shape index (κ2) is 32.1. The van der Waals surface area contributed by atoms with Crippen LogP contribution in [0.25, 0.3) is 33.4 Å². The molecular formula is C66H58ClF6N5O14S3. The van der Waals surface area contributed by atoms with Crippen LogP contribution in [0.2, 0.25) is 0 Å². The summed E-state index contributed by atoms with van der Waals surface area (Å²) in [4.78, 5) is 34.7. The normalized spacial score (nSPS) is 12.3. The first-order valence-electron chi connectivity index (χ1n) is 28.0. The van der Waals surface area contributed by atoms with Gasteiger partial charge in [0.2, 0.25) is 0 Å². The summed E-state index contributed by atoms with van der Waals surface area (Å²) in [5.74, 6) is -8.22. The van der Waals surface area contributed by atoms with Crippen LogP contribution in [0.3, 0.4) is 0 Å². The molecule has 1 amide bonds. The Bertz CT molecular complexity index is 4620. The third-order valence-corrected chi connectivity index (χ3v) is 18.0. The van der Waals surface area contributed by atoms with Gasteiger partial charge in [0.25, 0.3) is 35.0 Å². The van der Waals surface area contributed by atoms with E-state index in [9.17, 15) is 66.0 Å². The van der Waals surface area contributed by atoms with Crippen LogP contribution in [0.4, 0.5) is 43.4 Å². The van der Waals surface area contributed by atoms with Crippen molar-refractivity contribution >= 4 is 74.7 Å². The van der Waals surface area contributed by atoms with Crippen LogP contribution in [0.1, 0.15) is 43.9 Å². The number of carbonyl (C=O) groups excluding carboxylic acids is 1. The molecular weight excluding hydrogens is 1330 g/mol. The molecule has 498 valence electrons. The fourth-order valence-electron chi connectivity index (χ4n) is 8.65. The Kier molecular flexibility index (Phi) is 24.5. The molecule has 2 aliphatic rings. The lowest BCUT2D eigenvalue weighted by atomic mass is 10.0. The molecule has 0 unspecified atom stereocenters. The molecule has 95 heavy (non-hydrogen) atoms. The molecule has 9 aromatic rings. The summed E-state index contributed by atoms with van der Waals surface area (Å²) in [6, 6.07) is 41.6. The molecule has 2 aliphatic heterocycles. The average molecular weight is 1390 g/mol. The summed E-state index contributed by atoms with van der Waals surface area (Å²) in [6.07, 6.45) is 2.28. The predicted molar refractivity (Wildman–Crippen MR) is 345 cm³/mol. The fourth-order valence-corrected chi connectivity index (χ4v) is 12.2. The maximum atomic E-state index is 14.5. The average Bonchev–Trinajstić information content (AvgIpc) is 0.794. The largest absolute Gasteiger partial charge is 0.495 e. The number of nitrogens with two attached hydrogens (primary N) is 1. The lowest BCUT2D eigenvalue weighted by Gasteiger charge is -2.31. The molecule has 2 heterocycles. The summed E-state index contributed by atoms with van der Waals surface area (Å²) in [5.41, 5.74) is 6.05. The number of methoxy groups -OCH3 is 3. The molecule has 2 saturated heterocycles. The second-order valence-electron chi connectivity index (χ2n) is 20.2. The lowest BCUT2D eigenvalue weighted by Crippen LogP contribution is -2.42. The molecule has 19 nitrogen and oxygen atoms in total. The van der Waals surface area contributed by atoms with Crippen LogP contribution >= 0.6 is 10.7 Å². The molecule has 0 aliphatic carbocycles. The molecule has 0 bridgehead atoms. The van der Waals surface area contributed by atoms with Crippen molar-refractivity contribution in [3.05, 3.63) is 234 Å². The van der Waals surface area contributed by atoms with Gasteiger partial charge in [0.15, 0.2) is 0 Å². The van der Waals surface area contributed by atoms with Gasteiger partial charge in [0.05, 0.1) is 49.5 Å². The van der Waals surface area contributed by atoms with E-state index in [0.717, 1.165) is 36.8 Å². The standard InChI is InChI=1S/C23H20F2N2O4S.C20H15F2NO5S.C12H9F2N.C8H7ClO5S.C3H7N/c1-31-21-9-8-16(23(28)27-10-5-11-27)12-22(21)32(29,30)26-20-13-17(18(24)14-19(20)25)15-6-3-2-4-7-15;1-28-18-8-7-13(20(24)25)9-19(18)29(26,27)23-17-10-14(15(21)11-16(17)22)12-5-3-2-4-6-12;13-10-7-11(14)12(15)6-9(10)8-4-2-1-3-5-8;1-14-6-3-2-5(8(10)11)4-7(6)15(9,12)13;1-2-4-3-1/h2-4,6-9,12-14,26H,5,10-11H2,1H3;2-11,23H,1H3,(H,24,25);1-7H,15H2;2-4H,1H3,(H,10,11);4H,1-3H2. The number of nitrogens with zero attached hydrogens (tertiary/aromatic N) is 1. The van der Waals surface area contributed by atoms with Gasteiger partial charge in [0.1, 0.15) is 66.8 Å². The van der Waals surface area contributed by atoms with Crippen molar-refractivity contribution in [2.75, 3.05) is 62.7 Å². The number of hydrogen-bond donors (Lipinski definition) is 6. The van der Waals surface area contributed by atoms with Gasteiger partial charge in [0, 0.05) is 64.2 Å². The molecule has 0 saturated carbocycles. The highest BCUT2D eigenvalue weighted by atomic mass is 35.7. The quantitative estimate of drug-likeness (QED) is 0.0298. The minimum atomic E-state index is -4.45. The smallest absolute Gasteiger partial charge is 0.335 e. The highest BCUT2D eigenvalue weighted by Gasteiger charge is 2.29. The van der Waals surface area contributed by atoms with Gasteiger partial charge in [-0.25, -0.2) is 61.2 Å². The summed E-state index contributed by atoms with van der Waals surface area (Å²) < 4.78 is 177. The van der Waals surface area contributed by atoms with E-state index in [0.29, 0.717) is 47.5 Å². The number of nitrogen functional groups attached to an aromatic ring is 1. The Balaban J connectivity index is 0.000000184. The van der Waals surface area contributed by atoms with Crippen LogP contribution in [-0.4, -0.2) is 106 Å². The monoisotopic (exact) mass is 1390 g/mol. The van der Waals surface area contributed by atoms with Crippen LogP contribution in [-0.2, 0) is 29.1 Å². The summed E-state index contributed by atoms with van der Waals surface area (Å²) in [6.45, 7) is 3.71. The van der Waals surface area contributed by atoms with Crippen LogP contribution in [0.5, 0.6) is 17.2 Å². The molecule has 0 spiro atoms. The number of sulfonamides is 2. The number of amides is 1. The van der Waals surface area contributed by atoms with Gasteiger partial charge in [-0.1, -0.05) is 91.0 Å². The lowest BCUT2D eigenvalue weighted by molar-refractivity contribution is 0.0649. The van der Waals surface area contributed by atoms with Gasteiger partial charge in [-0.2, -0.15) is 0 Å². The van der Waals surface area contributed by atoms with Crippen molar-refractivity contribution in [2.45, 2.75) is 27.5 Å². The molecule has 2 fully saturated rings. The minimum Gasteiger partial charge on any atom is -0.495 e. The number of benzene rings is 9. The molecule has 7 N–H and O–H groups in total. The van der Waals surface area contributed by atoms with Crippen molar-refractivity contribution in [2.24, 2.45) is 0 Å². The van der Waals surface area contributed by atoms with E-state index >= 15 is 0 Å². The zero-order valence-corrected chi connectivity index (χ0v) is 53.5. The number of anilines is 3. The molecule has 29 heteroatoms. The number of carboxylic acid groups (broad SMARTS) is 2. The van der Waals surface area contributed by atoms with Crippen molar-refractivity contribution in [1.29, 1.82) is 0 Å². The zero-order valence-electron chi connectivity index (χ0n) is 50.3. The third kappa shape index (κ3) is 18.8. The summed E-state index contributed by atoms with van der Waals surface area (Å²) in [5, 5.41) is 20.9. The summed E-state index contributed by atoms with van der Waals surface area (Å²) in [7, 11) is -3.95. The number of ether oxygens (including phenoxy) is 3. The Morgan fingerprint density at radius 1 is 0.463 bits per heavy atom. The summed E-state index contributed by atoms with van der Waals surface area (Å²) >= 11 is 0. The van der Waals surface area contributed by atoms with Gasteiger partial charge in [-0.3, -0.25) is 14.2 Å². The first-order chi connectivity index (χ1) is 45.1. The molecule has 0 radical (unpaired) electrons. The van der Waals surface area contributed by atoms with Gasteiger partial charge >= 0.3 is 11.9 Å². The van der Waals surface area contributed by atoms with Crippen molar-refractivity contribution in [1.82, 2.24) is 10.2 Å². The van der Waals surface area contributed by atoms with Crippen LogP contribution in [0.15, 0.2) is 197 Å².